The Bertz CT molecular complexity index is 729. The van der Waals surface area contributed by atoms with Gasteiger partial charge in [-0.2, -0.15) is 0 Å². The largest absolute Gasteiger partial charge is 0.351 e. The molecule has 7 heteroatoms. The summed E-state index contributed by atoms with van der Waals surface area (Å²) in [4.78, 5) is 26.1. The molecule has 2 amide bonds. The van der Waals surface area contributed by atoms with E-state index in [1.54, 1.807) is 19.1 Å². The fraction of sp³-hybridized carbons (Fsp3) is 0.467. The van der Waals surface area contributed by atoms with Crippen molar-refractivity contribution in [1.82, 2.24) is 10.2 Å². The molecule has 0 bridgehead atoms. The molecular weight excluding hydrogens is 304 g/mol. The lowest BCUT2D eigenvalue weighted by molar-refractivity contribution is -0.125. The van der Waals surface area contributed by atoms with Crippen molar-refractivity contribution in [3.63, 3.8) is 0 Å². The Morgan fingerprint density at radius 1 is 1.36 bits per heavy atom. The molecule has 1 N–H and O–H groups in total. The van der Waals surface area contributed by atoms with Crippen LogP contribution in [0.5, 0.6) is 0 Å². The highest BCUT2D eigenvalue weighted by Gasteiger charge is 2.35. The Labute approximate surface area is 129 Å². The molecule has 1 aromatic rings. The molecule has 0 spiro atoms. The Balaban J connectivity index is 1.66. The normalized spacial score (nSPS) is 24.1. The number of nitrogens with zero attached hydrogens (tertiary/aromatic N) is 1. The molecule has 1 saturated heterocycles. The Morgan fingerprint density at radius 3 is 2.73 bits per heavy atom. The van der Waals surface area contributed by atoms with Gasteiger partial charge in [-0.25, -0.2) is 8.42 Å². The Kier molecular flexibility index (Phi) is 3.68. The fourth-order valence-corrected chi connectivity index (χ4v) is 4.64. The summed E-state index contributed by atoms with van der Waals surface area (Å²) in [6, 6.07) is 6.33. The third-order valence-corrected chi connectivity index (χ3v) is 6.04. The number of hydrogen-bond acceptors (Lipinski definition) is 4. The third kappa shape index (κ3) is 2.72. The first kappa shape index (κ1) is 15.0. The van der Waals surface area contributed by atoms with Gasteiger partial charge >= 0.3 is 0 Å². The van der Waals surface area contributed by atoms with E-state index in [4.69, 9.17) is 0 Å². The van der Waals surface area contributed by atoms with Gasteiger partial charge in [-0.05, 0) is 25.0 Å². The molecule has 3 rings (SSSR count). The maximum atomic E-state index is 12.3. The van der Waals surface area contributed by atoms with Crippen LogP contribution in [0, 0.1) is 0 Å². The van der Waals surface area contributed by atoms with Gasteiger partial charge in [-0.3, -0.25) is 9.59 Å². The third-order valence-electron chi connectivity index (χ3n) is 4.28. The zero-order chi connectivity index (χ0) is 15.9. The molecule has 2 atom stereocenters. The van der Waals surface area contributed by atoms with E-state index in [9.17, 15) is 18.0 Å². The predicted molar refractivity (Wildman–Crippen MR) is 81.0 cm³/mol. The summed E-state index contributed by atoms with van der Waals surface area (Å²) in [5, 5.41) is 2.75. The van der Waals surface area contributed by atoms with E-state index in [0.29, 0.717) is 18.5 Å². The first-order chi connectivity index (χ1) is 10.4. The average molecular weight is 322 g/mol. The highest BCUT2D eigenvalue weighted by molar-refractivity contribution is 7.91. The fourth-order valence-electron chi connectivity index (χ4n) is 2.96. The lowest BCUT2D eigenvalue weighted by Crippen LogP contribution is -2.48. The van der Waals surface area contributed by atoms with E-state index in [1.807, 2.05) is 12.1 Å². The maximum Gasteiger partial charge on any atom is 0.255 e. The van der Waals surface area contributed by atoms with Gasteiger partial charge in [0.15, 0.2) is 9.84 Å². The van der Waals surface area contributed by atoms with Gasteiger partial charge in [0.05, 0.1) is 11.5 Å². The Hall–Kier alpha value is -1.89. The summed E-state index contributed by atoms with van der Waals surface area (Å²) >= 11 is 0. The molecule has 0 aromatic heterocycles. The second-order valence-corrected chi connectivity index (χ2v) is 8.10. The topological polar surface area (TPSA) is 83.6 Å². The molecule has 2 heterocycles. The van der Waals surface area contributed by atoms with Crippen molar-refractivity contribution in [1.29, 1.82) is 0 Å². The van der Waals surface area contributed by atoms with Gasteiger partial charge in [0.1, 0.15) is 6.04 Å². The van der Waals surface area contributed by atoms with Gasteiger partial charge in [0.25, 0.3) is 5.91 Å². The van der Waals surface area contributed by atoms with Gasteiger partial charge in [-0.1, -0.05) is 18.2 Å². The summed E-state index contributed by atoms with van der Waals surface area (Å²) in [5.74, 6) is -0.361. The number of hydrogen-bond donors (Lipinski definition) is 1. The summed E-state index contributed by atoms with van der Waals surface area (Å²) in [6.07, 6.45) is 0.439. The smallest absolute Gasteiger partial charge is 0.255 e. The summed E-state index contributed by atoms with van der Waals surface area (Å²) in [5.41, 5.74) is 1.54. The van der Waals surface area contributed by atoms with Crippen LogP contribution in [0.25, 0.3) is 0 Å². The second-order valence-electron chi connectivity index (χ2n) is 5.87. The van der Waals surface area contributed by atoms with Crippen molar-refractivity contribution in [2.24, 2.45) is 0 Å². The number of carbonyl (C=O) groups excluding carboxylic acids is 2. The highest BCUT2D eigenvalue weighted by Crippen LogP contribution is 2.24. The van der Waals surface area contributed by atoms with Crippen LogP contribution < -0.4 is 5.32 Å². The molecular formula is C15H18N2O4S. The molecule has 2 aliphatic rings. The lowest BCUT2D eigenvalue weighted by atomic mass is 10.1. The van der Waals surface area contributed by atoms with E-state index in [1.165, 1.54) is 4.90 Å². The quantitative estimate of drug-likeness (QED) is 0.869. The average Bonchev–Trinajstić information content (AvgIpc) is 2.99. The summed E-state index contributed by atoms with van der Waals surface area (Å²) < 4.78 is 22.9. The van der Waals surface area contributed by atoms with Crippen molar-refractivity contribution in [2.75, 3.05) is 11.5 Å². The number of carbonyl (C=O) groups is 2. The number of benzene rings is 1. The SMILES string of the molecule is CC(C(=O)NC1CCS(=O)(=O)C1)N1Cc2ccccc2C1=O. The van der Waals surface area contributed by atoms with E-state index >= 15 is 0 Å². The van der Waals surface area contributed by atoms with Crippen LogP contribution >= 0.6 is 0 Å². The molecule has 2 unspecified atom stereocenters. The van der Waals surface area contributed by atoms with Gasteiger partial charge in [0, 0.05) is 18.2 Å². The molecule has 2 aliphatic heterocycles. The van der Waals surface area contributed by atoms with Crippen LogP contribution in [-0.2, 0) is 21.2 Å². The molecule has 1 fully saturated rings. The van der Waals surface area contributed by atoms with Gasteiger partial charge < -0.3 is 10.2 Å². The number of rotatable bonds is 3. The standard InChI is InChI=1S/C15H18N2O4S/c1-10(14(18)16-12-6-7-22(20,21)9-12)17-8-11-4-2-3-5-13(11)15(17)19/h2-5,10,12H,6-9H2,1H3,(H,16,18). The second kappa shape index (κ2) is 5.39. The molecule has 22 heavy (non-hydrogen) atoms. The summed E-state index contributed by atoms with van der Waals surface area (Å²) in [7, 11) is -3.04. The molecule has 118 valence electrons. The van der Waals surface area contributed by atoms with E-state index in [2.05, 4.69) is 5.32 Å². The van der Waals surface area contributed by atoms with Crippen molar-refractivity contribution in [3.8, 4) is 0 Å². The highest BCUT2D eigenvalue weighted by atomic mass is 32.2. The first-order valence-corrected chi connectivity index (χ1v) is 9.09. The van der Waals surface area contributed by atoms with E-state index in [0.717, 1.165) is 5.56 Å². The van der Waals surface area contributed by atoms with Crippen LogP contribution in [0.15, 0.2) is 24.3 Å². The number of amides is 2. The number of sulfone groups is 1. The zero-order valence-corrected chi connectivity index (χ0v) is 13.1. The predicted octanol–water partition coefficient (Wildman–Crippen LogP) is 0.334. The van der Waals surface area contributed by atoms with Crippen LogP contribution in [-0.4, -0.2) is 48.7 Å². The van der Waals surface area contributed by atoms with Crippen molar-refractivity contribution in [2.45, 2.75) is 32.0 Å². The van der Waals surface area contributed by atoms with Gasteiger partial charge in [-0.15, -0.1) is 0 Å². The number of nitrogens with one attached hydrogen (secondary N) is 1. The van der Waals surface area contributed by atoms with Crippen LogP contribution in [0.1, 0.15) is 29.3 Å². The lowest BCUT2D eigenvalue weighted by Gasteiger charge is -2.24. The van der Waals surface area contributed by atoms with Crippen molar-refractivity contribution in [3.05, 3.63) is 35.4 Å². The van der Waals surface area contributed by atoms with Gasteiger partial charge in [0.2, 0.25) is 5.91 Å². The van der Waals surface area contributed by atoms with Crippen LogP contribution in [0.2, 0.25) is 0 Å². The molecule has 6 nitrogen and oxygen atoms in total. The molecule has 0 aliphatic carbocycles. The van der Waals surface area contributed by atoms with Crippen LogP contribution in [0.3, 0.4) is 0 Å². The minimum atomic E-state index is -3.04. The minimum Gasteiger partial charge on any atom is -0.351 e. The van der Waals surface area contributed by atoms with Crippen LogP contribution in [0.4, 0.5) is 0 Å². The van der Waals surface area contributed by atoms with Crippen molar-refractivity contribution >= 4 is 21.7 Å². The first-order valence-electron chi connectivity index (χ1n) is 7.27. The number of fused-ring (bicyclic) bond motifs is 1. The molecule has 1 aromatic carbocycles. The maximum absolute atomic E-state index is 12.3. The van der Waals surface area contributed by atoms with E-state index in [-0.39, 0.29) is 29.4 Å². The van der Waals surface area contributed by atoms with E-state index < -0.39 is 15.9 Å². The Morgan fingerprint density at radius 2 is 2.09 bits per heavy atom. The monoisotopic (exact) mass is 322 g/mol. The van der Waals surface area contributed by atoms with Crippen molar-refractivity contribution < 1.29 is 18.0 Å². The zero-order valence-electron chi connectivity index (χ0n) is 12.3. The molecule has 0 radical (unpaired) electrons. The molecule has 0 saturated carbocycles. The summed E-state index contributed by atoms with van der Waals surface area (Å²) in [6.45, 7) is 2.08. The minimum absolute atomic E-state index is 0.0143.